The summed E-state index contributed by atoms with van der Waals surface area (Å²) < 4.78 is 0. The maximum Gasteiger partial charge on any atom is 0.297 e. The summed E-state index contributed by atoms with van der Waals surface area (Å²) in [6.45, 7) is 0. The third kappa shape index (κ3) is 0.654. The summed E-state index contributed by atoms with van der Waals surface area (Å²) in [5, 5.41) is 0. The van der Waals surface area contributed by atoms with E-state index in [9.17, 15) is 14.4 Å². The van der Waals surface area contributed by atoms with Crippen LogP contribution in [0.1, 0.15) is 19.3 Å². The van der Waals surface area contributed by atoms with E-state index in [-0.39, 0.29) is 29.6 Å². The molecule has 2 saturated heterocycles. The molecule has 4 nitrogen and oxygen atoms in total. The van der Waals surface area contributed by atoms with Crippen LogP contribution in [0.25, 0.3) is 0 Å². The molecule has 68 valence electrons. The zero-order valence-corrected chi connectivity index (χ0v) is 7.03. The van der Waals surface area contributed by atoms with Crippen molar-refractivity contribution in [1.29, 1.82) is 0 Å². The van der Waals surface area contributed by atoms with Crippen molar-refractivity contribution in [2.24, 2.45) is 11.8 Å². The standard InChI is InChI=1S/C9H9NO3/c11-6-3-4-1-2-5-7(4)10(6)9(13)8(5)12/h4-5,7H,1-3H2. The molecular weight excluding hydrogens is 170 g/mol. The van der Waals surface area contributed by atoms with E-state index in [0.717, 1.165) is 12.8 Å². The van der Waals surface area contributed by atoms with Gasteiger partial charge >= 0.3 is 0 Å². The van der Waals surface area contributed by atoms with Gasteiger partial charge in [0.2, 0.25) is 11.7 Å². The first-order chi connectivity index (χ1) is 6.20. The Hall–Kier alpha value is -1.19. The SMILES string of the molecule is O=C1C(=O)N2C(=O)CC3CCC1C32. The van der Waals surface area contributed by atoms with Gasteiger partial charge in [-0.3, -0.25) is 19.3 Å². The first-order valence-electron chi connectivity index (χ1n) is 4.60. The number of rotatable bonds is 0. The van der Waals surface area contributed by atoms with E-state index in [0.29, 0.717) is 6.42 Å². The summed E-state index contributed by atoms with van der Waals surface area (Å²) >= 11 is 0. The van der Waals surface area contributed by atoms with Crippen molar-refractivity contribution in [3.63, 3.8) is 0 Å². The molecule has 1 aliphatic carbocycles. The highest BCUT2D eigenvalue weighted by Gasteiger charge is 2.60. The van der Waals surface area contributed by atoms with Gasteiger partial charge in [0.1, 0.15) is 0 Å². The second kappa shape index (κ2) is 2.00. The monoisotopic (exact) mass is 179 g/mol. The van der Waals surface area contributed by atoms with Crippen LogP contribution in [0.15, 0.2) is 0 Å². The Morgan fingerprint density at radius 3 is 2.69 bits per heavy atom. The lowest BCUT2D eigenvalue weighted by Gasteiger charge is -2.13. The van der Waals surface area contributed by atoms with Crippen molar-refractivity contribution in [3.8, 4) is 0 Å². The summed E-state index contributed by atoms with van der Waals surface area (Å²) in [6, 6.07) is -0.0625. The van der Waals surface area contributed by atoms with Crippen molar-refractivity contribution < 1.29 is 14.4 Å². The molecule has 3 fully saturated rings. The Balaban J connectivity index is 2.11. The second-order valence-corrected chi connectivity index (χ2v) is 4.07. The van der Waals surface area contributed by atoms with Crippen LogP contribution < -0.4 is 0 Å². The smallest absolute Gasteiger partial charge is 0.288 e. The number of nitrogens with zero attached hydrogens (tertiary/aromatic N) is 1. The number of hydrogen-bond acceptors (Lipinski definition) is 3. The molecule has 0 aromatic heterocycles. The normalized spacial score (nSPS) is 42.0. The van der Waals surface area contributed by atoms with Crippen LogP contribution in [0.3, 0.4) is 0 Å². The fourth-order valence-electron chi connectivity index (χ4n) is 2.98. The molecule has 0 aromatic rings. The van der Waals surface area contributed by atoms with Gasteiger partial charge in [-0.1, -0.05) is 0 Å². The Morgan fingerprint density at radius 1 is 1.15 bits per heavy atom. The number of hydrogen-bond donors (Lipinski definition) is 0. The van der Waals surface area contributed by atoms with Crippen LogP contribution in [-0.4, -0.2) is 28.5 Å². The van der Waals surface area contributed by atoms with Gasteiger partial charge in [-0.15, -0.1) is 0 Å². The molecular formula is C9H9NO3. The number of carbonyl (C=O) groups is 3. The van der Waals surface area contributed by atoms with E-state index >= 15 is 0 Å². The van der Waals surface area contributed by atoms with Gasteiger partial charge in [0.25, 0.3) is 5.91 Å². The van der Waals surface area contributed by atoms with Crippen LogP contribution in [0.2, 0.25) is 0 Å². The lowest BCUT2D eigenvalue weighted by molar-refractivity contribution is -0.146. The number of Topliss-reactive ketones (excluding diaryl/α,β-unsaturated/α-hetero) is 1. The molecule has 2 heterocycles. The molecule has 2 aliphatic heterocycles. The molecule has 3 unspecified atom stereocenters. The predicted molar refractivity (Wildman–Crippen MR) is 41.5 cm³/mol. The van der Waals surface area contributed by atoms with Crippen molar-refractivity contribution in [2.45, 2.75) is 25.3 Å². The summed E-state index contributed by atoms with van der Waals surface area (Å²) in [4.78, 5) is 35.3. The predicted octanol–water partition coefficient (Wildman–Crippen LogP) is -0.277. The van der Waals surface area contributed by atoms with E-state index in [1.807, 2.05) is 0 Å². The van der Waals surface area contributed by atoms with Crippen molar-refractivity contribution in [1.82, 2.24) is 4.90 Å². The van der Waals surface area contributed by atoms with Crippen molar-refractivity contribution in [3.05, 3.63) is 0 Å². The number of imide groups is 1. The van der Waals surface area contributed by atoms with Gasteiger partial charge in [-0.25, -0.2) is 0 Å². The summed E-state index contributed by atoms with van der Waals surface area (Å²) in [5.41, 5.74) is 0. The summed E-state index contributed by atoms with van der Waals surface area (Å²) in [5.74, 6) is -0.921. The third-order valence-corrected chi connectivity index (χ3v) is 3.51. The average molecular weight is 179 g/mol. The molecule has 0 radical (unpaired) electrons. The molecule has 3 aliphatic rings. The molecule has 0 aromatic carbocycles. The number of ketones is 1. The van der Waals surface area contributed by atoms with Gasteiger partial charge in [-0.05, 0) is 18.8 Å². The van der Waals surface area contributed by atoms with Gasteiger partial charge in [0.15, 0.2) is 0 Å². The fourth-order valence-corrected chi connectivity index (χ4v) is 2.98. The van der Waals surface area contributed by atoms with Crippen LogP contribution in [0.5, 0.6) is 0 Å². The molecule has 0 bridgehead atoms. The highest BCUT2D eigenvalue weighted by molar-refractivity contribution is 6.42. The molecule has 4 heteroatoms. The molecule has 3 atom stereocenters. The lowest BCUT2D eigenvalue weighted by Crippen LogP contribution is -2.33. The van der Waals surface area contributed by atoms with E-state index in [1.54, 1.807) is 0 Å². The minimum atomic E-state index is -0.554. The minimum Gasteiger partial charge on any atom is -0.288 e. The van der Waals surface area contributed by atoms with E-state index < -0.39 is 5.91 Å². The van der Waals surface area contributed by atoms with Crippen LogP contribution in [-0.2, 0) is 14.4 Å². The summed E-state index contributed by atoms with van der Waals surface area (Å²) in [7, 11) is 0. The van der Waals surface area contributed by atoms with Crippen LogP contribution in [0, 0.1) is 11.8 Å². The topological polar surface area (TPSA) is 54.5 Å². The molecule has 0 spiro atoms. The molecule has 13 heavy (non-hydrogen) atoms. The lowest BCUT2D eigenvalue weighted by atomic mass is 9.99. The Labute approximate surface area is 74.9 Å². The Bertz CT molecular complexity index is 336. The van der Waals surface area contributed by atoms with Crippen molar-refractivity contribution in [2.75, 3.05) is 0 Å². The highest BCUT2D eigenvalue weighted by Crippen LogP contribution is 2.46. The zero-order chi connectivity index (χ0) is 9.16. The van der Waals surface area contributed by atoms with Gasteiger partial charge < -0.3 is 0 Å². The quantitative estimate of drug-likeness (QED) is 0.379. The molecule has 1 saturated carbocycles. The van der Waals surface area contributed by atoms with E-state index in [1.165, 1.54) is 4.90 Å². The Kier molecular flexibility index (Phi) is 1.11. The van der Waals surface area contributed by atoms with Gasteiger partial charge in [0.05, 0.1) is 6.04 Å². The van der Waals surface area contributed by atoms with E-state index in [2.05, 4.69) is 0 Å². The third-order valence-electron chi connectivity index (χ3n) is 3.51. The first-order valence-corrected chi connectivity index (χ1v) is 4.60. The molecule has 2 amide bonds. The van der Waals surface area contributed by atoms with Gasteiger partial charge in [0, 0.05) is 12.3 Å². The summed E-state index contributed by atoms with van der Waals surface area (Å²) in [6.07, 6.45) is 2.19. The minimum absolute atomic E-state index is 0.0625. The largest absolute Gasteiger partial charge is 0.297 e. The maximum atomic E-state index is 11.4. The average Bonchev–Trinajstić information content (AvgIpc) is 2.65. The highest BCUT2D eigenvalue weighted by atomic mass is 16.2. The number of carbonyl (C=O) groups excluding carboxylic acids is 3. The van der Waals surface area contributed by atoms with Crippen LogP contribution in [0.4, 0.5) is 0 Å². The number of amides is 2. The molecule has 0 N–H and O–H groups in total. The van der Waals surface area contributed by atoms with Crippen LogP contribution >= 0.6 is 0 Å². The molecule has 3 rings (SSSR count). The zero-order valence-electron chi connectivity index (χ0n) is 7.03. The maximum absolute atomic E-state index is 11.4. The fraction of sp³-hybridized carbons (Fsp3) is 0.667. The van der Waals surface area contributed by atoms with Gasteiger partial charge in [-0.2, -0.15) is 0 Å². The Morgan fingerprint density at radius 2 is 1.92 bits per heavy atom. The van der Waals surface area contributed by atoms with E-state index in [4.69, 9.17) is 0 Å². The van der Waals surface area contributed by atoms with Crippen molar-refractivity contribution >= 4 is 17.6 Å². The second-order valence-electron chi connectivity index (χ2n) is 4.07. The first kappa shape index (κ1) is 7.24.